The van der Waals surface area contributed by atoms with Crippen molar-refractivity contribution in [2.24, 2.45) is 0 Å². The molecule has 0 N–H and O–H groups in total. The minimum absolute atomic E-state index is 0.321. The molecule has 0 aliphatic heterocycles. The van der Waals surface area contributed by atoms with Gasteiger partial charge in [0.05, 0.1) is 10.4 Å². The first kappa shape index (κ1) is 16.4. The molecule has 0 spiro atoms. The molecule has 3 nitrogen and oxygen atoms in total. The van der Waals surface area contributed by atoms with Crippen LogP contribution in [-0.2, 0) is 10.0 Å². The van der Waals surface area contributed by atoms with Gasteiger partial charge in [-0.1, -0.05) is 55.2 Å². The van der Waals surface area contributed by atoms with Gasteiger partial charge in [0.25, 0.3) is 10.0 Å². The molecule has 1 aliphatic rings. The Hall–Kier alpha value is -2.07. The second-order valence-corrected chi connectivity index (χ2v) is 8.83. The van der Waals surface area contributed by atoms with Gasteiger partial charge in [-0.2, -0.15) is 0 Å². The minimum Gasteiger partial charge on any atom is -0.238 e. The van der Waals surface area contributed by atoms with Crippen molar-refractivity contribution in [1.82, 2.24) is 3.97 Å². The highest BCUT2D eigenvalue weighted by Gasteiger charge is 2.27. The average molecular weight is 353 g/mol. The van der Waals surface area contributed by atoms with Gasteiger partial charge in [-0.15, -0.1) is 0 Å². The lowest BCUT2D eigenvalue weighted by Crippen LogP contribution is -2.18. The average Bonchev–Trinajstić information content (AvgIpc) is 3.03. The summed E-state index contributed by atoms with van der Waals surface area (Å²) in [6.07, 6.45) is 5.74. The third kappa shape index (κ3) is 2.89. The van der Waals surface area contributed by atoms with Crippen molar-refractivity contribution in [1.29, 1.82) is 0 Å². The lowest BCUT2D eigenvalue weighted by atomic mass is 9.87. The van der Waals surface area contributed by atoms with Crippen LogP contribution in [0, 0.1) is 6.92 Å². The molecule has 1 heterocycles. The van der Waals surface area contributed by atoms with Gasteiger partial charge in [0, 0.05) is 17.0 Å². The molecule has 1 aromatic heterocycles. The summed E-state index contributed by atoms with van der Waals surface area (Å²) in [6.45, 7) is 1.97. The van der Waals surface area contributed by atoms with E-state index < -0.39 is 10.0 Å². The van der Waals surface area contributed by atoms with Crippen LogP contribution in [0.4, 0.5) is 0 Å². The Morgan fingerprint density at radius 2 is 1.60 bits per heavy atom. The summed E-state index contributed by atoms with van der Waals surface area (Å²) >= 11 is 0. The van der Waals surface area contributed by atoms with Crippen molar-refractivity contribution >= 4 is 20.9 Å². The lowest BCUT2D eigenvalue weighted by molar-refractivity contribution is 0.434. The van der Waals surface area contributed by atoms with Gasteiger partial charge in [-0.3, -0.25) is 0 Å². The van der Waals surface area contributed by atoms with Gasteiger partial charge in [0.2, 0.25) is 0 Å². The summed E-state index contributed by atoms with van der Waals surface area (Å²) in [5.74, 6) is 0.321. The molecule has 4 rings (SSSR count). The van der Waals surface area contributed by atoms with E-state index in [0.717, 1.165) is 35.0 Å². The van der Waals surface area contributed by atoms with Crippen LogP contribution in [0.25, 0.3) is 10.9 Å². The molecule has 1 fully saturated rings. The fraction of sp³-hybridized carbons (Fsp3) is 0.333. The SMILES string of the molecule is Cc1ccc(S(=O)(=O)n2c(C3CCCCC3)cc3ccccc32)cc1. The van der Waals surface area contributed by atoms with Crippen molar-refractivity contribution in [3.8, 4) is 0 Å². The molecule has 0 bridgehead atoms. The predicted octanol–water partition coefficient (Wildman–Crippen LogP) is 5.23. The lowest BCUT2D eigenvalue weighted by Gasteiger charge is -2.23. The Kier molecular flexibility index (Phi) is 4.16. The number of rotatable bonds is 3. The smallest absolute Gasteiger partial charge is 0.238 e. The van der Waals surface area contributed by atoms with Gasteiger partial charge in [-0.05, 0) is 44.0 Å². The number of para-hydroxylation sites is 1. The third-order valence-corrected chi connectivity index (χ3v) is 7.03. The number of nitrogens with zero attached hydrogens (tertiary/aromatic N) is 1. The maximum atomic E-state index is 13.4. The van der Waals surface area contributed by atoms with Gasteiger partial charge >= 0.3 is 0 Å². The number of hydrogen-bond donors (Lipinski definition) is 0. The first-order valence-corrected chi connectivity index (χ1v) is 10.4. The molecule has 0 radical (unpaired) electrons. The Bertz CT molecular complexity index is 994. The maximum absolute atomic E-state index is 13.4. The fourth-order valence-corrected chi connectivity index (χ4v) is 5.51. The molecular weight excluding hydrogens is 330 g/mol. The monoisotopic (exact) mass is 353 g/mol. The number of aromatic nitrogens is 1. The maximum Gasteiger partial charge on any atom is 0.268 e. The van der Waals surface area contributed by atoms with Crippen LogP contribution in [0.5, 0.6) is 0 Å². The zero-order chi connectivity index (χ0) is 17.4. The molecule has 0 amide bonds. The van der Waals surface area contributed by atoms with E-state index in [1.807, 2.05) is 43.3 Å². The third-order valence-electron chi connectivity index (χ3n) is 5.28. The first-order chi connectivity index (χ1) is 12.1. The molecule has 0 atom stereocenters. The molecule has 2 aromatic carbocycles. The van der Waals surface area contributed by atoms with Crippen LogP contribution in [0.3, 0.4) is 0 Å². The summed E-state index contributed by atoms with van der Waals surface area (Å²) < 4.78 is 28.5. The number of benzene rings is 2. The van der Waals surface area contributed by atoms with Gasteiger partial charge < -0.3 is 0 Å². The van der Waals surface area contributed by atoms with Crippen LogP contribution in [0.1, 0.15) is 49.3 Å². The van der Waals surface area contributed by atoms with Crippen LogP contribution in [0.2, 0.25) is 0 Å². The Morgan fingerprint density at radius 3 is 2.32 bits per heavy atom. The molecule has 3 aromatic rings. The van der Waals surface area contributed by atoms with Crippen molar-refractivity contribution in [2.75, 3.05) is 0 Å². The Morgan fingerprint density at radius 1 is 0.920 bits per heavy atom. The van der Waals surface area contributed by atoms with Crippen LogP contribution in [-0.4, -0.2) is 12.4 Å². The summed E-state index contributed by atoms with van der Waals surface area (Å²) in [5, 5.41) is 0.999. The highest BCUT2D eigenvalue weighted by Crippen LogP contribution is 2.37. The molecule has 25 heavy (non-hydrogen) atoms. The van der Waals surface area contributed by atoms with Crippen molar-refractivity contribution < 1.29 is 8.42 Å². The largest absolute Gasteiger partial charge is 0.268 e. The zero-order valence-corrected chi connectivity index (χ0v) is 15.3. The van der Waals surface area contributed by atoms with E-state index in [1.54, 1.807) is 16.1 Å². The number of hydrogen-bond acceptors (Lipinski definition) is 2. The molecule has 1 saturated carbocycles. The van der Waals surface area contributed by atoms with E-state index in [9.17, 15) is 8.42 Å². The standard InChI is InChI=1S/C21H23NO2S/c1-16-11-13-19(14-12-16)25(23,24)22-20-10-6-5-9-18(20)15-21(22)17-7-3-2-4-8-17/h5-6,9-15,17H,2-4,7-8H2,1H3. The summed E-state index contributed by atoms with van der Waals surface area (Å²) in [4.78, 5) is 0.358. The highest BCUT2D eigenvalue weighted by molar-refractivity contribution is 7.90. The Balaban J connectivity index is 1.94. The second kappa shape index (κ2) is 6.34. The molecule has 4 heteroatoms. The fourth-order valence-electron chi connectivity index (χ4n) is 3.92. The predicted molar refractivity (Wildman–Crippen MR) is 102 cm³/mol. The van der Waals surface area contributed by atoms with Crippen molar-refractivity contribution in [3.63, 3.8) is 0 Å². The normalized spacial score (nSPS) is 16.4. The van der Waals surface area contributed by atoms with Gasteiger partial charge in [0.15, 0.2) is 0 Å². The van der Waals surface area contributed by atoms with E-state index in [1.165, 1.54) is 19.3 Å². The molecular formula is C21H23NO2S. The second-order valence-electron chi connectivity index (χ2n) is 7.05. The molecule has 130 valence electrons. The van der Waals surface area contributed by atoms with Crippen LogP contribution in [0.15, 0.2) is 59.5 Å². The quantitative estimate of drug-likeness (QED) is 0.646. The van der Waals surface area contributed by atoms with Crippen LogP contribution >= 0.6 is 0 Å². The number of aryl methyl sites for hydroxylation is 1. The summed E-state index contributed by atoms with van der Waals surface area (Å²) in [6, 6.07) is 17.0. The Labute approximate surface area is 149 Å². The zero-order valence-electron chi connectivity index (χ0n) is 14.5. The summed E-state index contributed by atoms with van der Waals surface area (Å²) in [7, 11) is -3.60. The highest BCUT2D eigenvalue weighted by atomic mass is 32.2. The van der Waals surface area contributed by atoms with E-state index >= 15 is 0 Å². The van der Waals surface area contributed by atoms with Crippen molar-refractivity contribution in [2.45, 2.75) is 49.8 Å². The summed E-state index contributed by atoms with van der Waals surface area (Å²) in [5.41, 5.74) is 2.79. The molecule has 0 unspecified atom stereocenters. The minimum atomic E-state index is -3.60. The van der Waals surface area contributed by atoms with Gasteiger partial charge in [-0.25, -0.2) is 12.4 Å². The first-order valence-electron chi connectivity index (χ1n) is 9.00. The molecule has 0 saturated heterocycles. The van der Waals surface area contributed by atoms with Gasteiger partial charge in [0.1, 0.15) is 0 Å². The molecule has 1 aliphatic carbocycles. The van der Waals surface area contributed by atoms with E-state index in [-0.39, 0.29) is 0 Å². The topological polar surface area (TPSA) is 39.1 Å². The number of fused-ring (bicyclic) bond motifs is 1. The van der Waals surface area contributed by atoms with E-state index in [2.05, 4.69) is 6.07 Å². The van der Waals surface area contributed by atoms with Crippen molar-refractivity contribution in [3.05, 3.63) is 65.9 Å². The van der Waals surface area contributed by atoms with E-state index in [0.29, 0.717) is 10.8 Å². The van der Waals surface area contributed by atoms with E-state index in [4.69, 9.17) is 0 Å². The van der Waals surface area contributed by atoms with Crippen LogP contribution < -0.4 is 0 Å².